The number of anilines is 1. The molecule has 21 heavy (non-hydrogen) atoms. The molecule has 0 heterocycles. The van der Waals surface area contributed by atoms with Crippen LogP contribution in [0.15, 0.2) is 22.7 Å². The smallest absolute Gasteiger partial charge is 0.255 e. The van der Waals surface area contributed by atoms with Gasteiger partial charge in [0.15, 0.2) is 0 Å². The number of halogens is 3. The average molecular weight is 367 g/mol. The Kier molecular flexibility index (Phi) is 8.75. The van der Waals surface area contributed by atoms with Gasteiger partial charge < -0.3 is 20.1 Å². The first-order valence-corrected chi connectivity index (χ1v) is 7.49. The number of rotatable bonds is 10. The topological polar surface area (TPSA) is 44.7 Å². The quantitative estimate of drug-likeness (QED) is 0.623. The van der Waals surface area contributed by atoms with Crippen molar-refractivity contribution in [3.05, 3.63) is 28.2 Å². The normalized spacial score (nSPS) is 11.1. The summed E-state index contributed by atoms with van der Waals surface area (Å²) in [5, 5.41) is 12.3. The maximum absolute atomic E-state index is 12.7. The molecule has 0 fully saturated rings. The van der Waals surface area contributed by atoms with Gasteiger partial charge in [-0.25, -0.2) is 8.78 Å². The average Bonchev–Trinajstić information content (AvgIpc) is 2.43. The van der Waals surface area contributed by atoms with Crippen LogP contribution < -0.4 is 10.2 Å². The highest BCUT2D eigenvalue weighted by molar-refractivity contribution is 9.10. The molecule has 2 N–H and O–H groups in total. The lowest BCUT2D eigenvalue weighted by Gasteiger charge is -2.26. The standard InChI is InChI=1S/C14H21BrF2N2O2/c1-21-7-4-18-9-11-8-12(15)2-3-13(11)19(5-6-20)10-14(16)17/h2-3,8,14,18,20H,4-7,9-10H2,1H3. The van der Waals surface area contributed by atoms with Crippen molar-refractivity contribution in [3.63, 3.8) is 0 Å². The molecule has 1 aromatic rings. The summed E-state index contributed by atoms with van der Waals surface area (Å²) in [6.45, 7) is 1.42. The van der Waals surface area contributed by atoms with Crippen LogP contribution in [0.4, 0.5) is 14.5 Å². The monoisotopic (exact) mass is 366 g/mol. The van der Waals surface area contributed by atoms with E-state index in [0.29, 0.717) is 25.4 Å². The zero-order valence-electron chi connectivity index (χ0n) is 12.0. The highest BCUT2D eigenvalue weighted by Crippen LogP contribution is 2.25. The molecule has 0 bridgehead atoms. The van der Waals surface area contributed by atoms with Crippen molar-refractivity contribution < 1.29 is 18.6 Å². The van der Waals surface area contributed by atoms with Gasteiger partial charge in [0.2, 0.25) is 0 Å². The van der Waals surface area contributed by atoms with Crippen LogP contribution in [0.25, 0.3) is 0 Å². The second-order valence-corrected chi connectivity index (χ2v) is 5.42. The summed E-state index contributed by atoms with van der Waals surface area (Å²) < 4.78 is 31.2. The van der Waals surface area contributed by atoms with Gasteiger partial charge in [-0.1, -0.05) is 15.9 Å². The molecule has 1 aromatic carbocycles. The first-order chi connectivity index (χ1) is 10.1. The highest BCUT2D eigenvalue weighted by Gasteiger charge is 2.15. The highest BCUT2D eigenvalue weighted by atomic mass is 79.9. The summed E-state index contributed by atoms with van der Waals surface area (Å²) >= 11 is 3.39. The van der Waals surface area contributed by atoms with Crippen molar-refractivity contribution in [1.82, 2.24) is 5.32 Å². The molecule has 0 aliphatic rings. The minimum Gasteiger partial charge on any atom is -0.395 e. The van der Waals surface area contributed by atoms with E-state index in [0.717, 1.165) is 10.0 Å². The Morgan fingerprint density at radius 2 is 2.19 bits per heavy atom. The molecule has 0 atom stereocenters. The second kappa shape index (κ2) is 10.0. The molecule has 0 spiro atoms. The number of alkyl halides is 2. The predicted molar refractivity (Wildman–Crippen MR) is 83.0 cm³/mol. The third kappa shape index (κ3) is 6.69. The number of hydrogen-bond acceptors (Lipinski definition) is 4. The summed E-state index contributed by atoms with van der Waals surface area (Å²) in [4.78, 5) is 1.50. The summed E-state index contributed by atoms with van der Waals surface area (Å²) in [6.07, 6.45) is -2.45. The number of methoxy groups -OCH3 is 1. The summed E-state index contributed by atoms with van der Waals surface area (Å²) in [7, 11) is 1.62. The number of benzene rings is 1. The SMILES string of the molecule is COCCNCc1cc(Br)ccc1N(CCO)CC(F)F. The maximum atomic E-state index is 12.7. The summed E-state index contributed by atoms with van der Waals surface area (Å²) in [6, 6.07) is 5.49. The number of ether oxygens (including phenoxy) is 1. The first kappa shape index (κ1) is 18.3. The Bertz CT molecular complexity index is 422. The molecule has 120 valence electrons. The lowest BCUT2D eigenvalue weighted by molar-refractivity contribution is 0.152. The van der Waals surface area contributed by atoms with E-state index in [1.807, 2.05) is 12.1 Å². The van der Waals surface area contributed by atoms with Crippen LogP contribution in [0.3, 0.4) is 0 Å². The van der Waals surface area contributed by atoms with Crippen LogP contribution in [0.1, 0.15) is 5.56 Å². The van der Waals surface area contributed by atoms with Crippen molar-refractivity contribution in [2.75, 3.05) is 44.9 Å². The van der Waals surface area contributed by atoms with Crippen molar-refractivity contribution in [1.29, 1.82) is 0 Å². The molecule has 0 radical (unpaired) electrons. The summed E-state index contributed by atoms with van der Waals surface area (Å²) in [5.74, 6) is 0. The van der Waals surface area contributed by atoms with Gasteiger partial charge in [0.25, 0.3) is 6.43 Å². The second-order valence-electron chi connectivity index (χ2n) is 4.50. The van der Waals surface area contributed by atoms with Crippen LogP contribution in [0, 0.1) is 0 Å². The Balaban J connectivity index is 2.86. The largest absolute Gasteiger partial charge is 0.395 e. The van der Waals surface area contributed by atoms with Gasteiger partial charge in [-0.05, 0) is 23.8 Å². The van der Waals surface area contributed by atoms with E-state index >= 15 is 0 Å². The molecule has 0 amide bonds. The van der Waals surface area contributed by atoms with E-state index in [2.05, 4.69) is 21.2 Å². The maximum Gasteiger partial charge on any atom is 0.255 e. The molecule has 0 unspecified atom stereocenters. The van der Waals surface area contributed by atoms with Gasteiger partial charge in [-0.15, -0.1) is 0 Å². The van der Waals surface area contributed by atoms with E-state index < -0.39 is 13.0 Å². The Labute approximate surface area is 132 Å². The van der Waals surface area contributed by atoms with Crippen LogP contribution in [-0.4, -0.2) is 51.5 Å². The van der Waals surface area contributed by atoms with Crippen LogP contribution in [0.5, 0.6) is 0 Å². The molecule has 0 aromatic heterocycles. The minimum absolute atomic E-state index is 0.167. The zero-order valence-corrected chi connectivity index (χ0v) is 13.6. The molecule has 0 saturated heterocycles. The molecular weight excluding hydrogens is 346 g/mol. The third-order valence-corrected chi connectivity index (χ3v) is 3.40. The van der Waals surface area contributed by atoms with Crippen LogP contribution >= 0.6 is 15.9 Å². The number of nitrogens with one attached hydrogen (secondary N) is 1. The van der Waals surface area contributed by atoms with Crippen LogP contribution in [0.2, 0.25) is 0 Å². The number of nitrogens with zero attached hydrogens (tertiary/aromatic N) is 1. The first-order valence-electron chi connectivity index (χ1n) is 6.70. The predicted octanol–water partition coefficient (Wildman–Crippen LogP) is 2.25. The van der Waals surface area contributed by atoms with Gasteiger partial charge in [0.1, 0.15) is 0 Å². The fraction of sp³-hybridized carbons (Fsp3) is 0.571. The molecule has 0 aliphatic heterocycles. The molecule has 4 nitrogen and oxygen atoms in total. The minimum atomic E-state index is -2.45. The van der Waals surface area contributed by atoms with Crippen molar-refractivity contribution >= 4 is 21.6 Å². The van der Waals surface area contributed by atoms with E-state index in [9.17, 15) is 8.78 Å². The zero-order chi connectivity index (χ0) is 15.7. The van der Waals surface area contributed by atoms with Gasteiger partial charge in [-0.2, -0.15) is 0 Å². The molecule has 7 heteroatoms. The van der Waals surface area contributed by atoms with E-state index in [-0.39, 0.29) is 13.2 Å². The molecule has 0 aliphatic carbocycles. The Morgan fingerprint density at radius 1 is 1.43 bits per heavy atom. The summed E-state index contributed by atoms with van der Waals surface area (Å²) in [5.41, 5.74) is 1.60. The van der Waals surface area contributed by atoms with E-state index in [1.165, 1.54) is 4.90 Å². The number of aliphatic hydroxyl groups excluding tert-OH is 1. The van der Waals surface area contributed by atoms with Gasteiger partial charge in [-0.3, -0.25) is 0 Å². The number of aliphatic hydroxyl groups is 1. The van der Waals surface area contributed by atoms with E-state index in [4.69, 9.17) is 9.84 Å². The van der Waals surface area contributed by atoms with Crippen molar-refractivity contribution in [3.8, 4) is 0 Å². The molecule has 0 saturated carbocycles. The van der Waals surface area contributed by atoms with Gasteiger partial charge in [0.05, 0.1) is 19.8 Å². The third-order valence-electron chi connectivity index (χ3n) is 2.91. The number of hydrogen-bond donors (Lipinski definition) is 2. The van der Waals surface area contributed by atoms with Crippen molar-refractivity contribution in [2.45, 2.75) is 13.0 Å². The van der Waals surface area contributed by atoms with E-state index in [1.54, 1.807) is 13.2 Å². The fourth-order valence-corrected chi connectivity index (χ4v) is 2.41. The lowest BCUT2D eigenvalue weighted by Crippen LogP contribution is -2.33. The van der Waals surface area contributed by atoms with Gasteiger partial charge >= 0.3 is 0 Å². The van der Waals surface area contributed by atoms with Gasteiger partial charge in [0, 0.05) is 36.9 Å². The van der Waals surface area contributed by atoms with Crippen LogP contribution in [-0.2, 0) is 11.3 Å². The molecular formula is C14H21BrF2N2O2. The lowest BCUT2D eigenvalue weighted by atomic mass is 10.1. The van der Waals surface area contributed by atoms with Crippen molar-refractivity contribution in [2.24, 2.45) is 0 Å². The molecule has 1 rings (SSSR count). The fourth-order valence-electron chi connectivity index (χ4n) is 2.00. The Hall–Kier alpha value is -0.760. The Morgan fingerprint density at radius 3 is 2.81 bits per heavy atom.